The molecule has 0 saturated heterocycles. The van der Waals surface area contributed by atoms with Crippen LogP contribution in [0.4, 0.5) is 13.2 Å². The van der Waals surface area contributed by atoms with E-state index in [4.69, 9.17) is 4.74 Å². The Hall–Kier alpha value is -3.01. The minimum atomic E-state index is -4.69. The molecule has 0 atom stereocenters. The molecule has 0 spiro atoms. The Morgan fingerprint density at radius 2 is 1.87 bits per heavy atom. The Balaban J connectivity index is 1.64. The van der Waals surface area contributed by atoms with Crippen molar-refractivity contribution in [3.8, 4) is 28.5 Å². The average Bonchev–Trinajstić information content (AvgIpc) is 3.25. The van der Waals surface area contributed by atoms with Crippen LogP contribution in [0.25, 0.3) is 22.8 Å². The lowest BCUT2D eigenvalue weighted by Gasteiger charge is -2.17. The fourth-order valence-electron chi connectivity index (χ4n) is 2.80. The highest BCUT2D eigenvalue weighted by Crippen LogP contribution is 2.30. The number of aromatic nitrogens is 4. The molecule has 0 unspecified atom stereocenters. The fraction of sp³-hybridized carbons (Fsp3) is 0.400. The van der Waals surface area contributed by atoms with E-state index in [1.54, 1.807) is 24.4 Å². The van der Waals surface area contributed by atoms with Gasteiger partial charge >= 0.3 is 12.1 Å². The molecule has 3 aromatic rings. The lowest BCUT2D eigenvalue weighted by atomic mass is 10.1. The van der Waals surface area contributed by atoms with Crippen LogP contribution in [0.1, 0.15) is 26.2 Å². The summed E-state index contributed by atoms with van der Waals surface area (Å²) in [7, 11) is 0. The van der Waals surface area contributed by atoms with E-state index in [1.165, 1.54) is 12.3 Å². The molecule has 0 saturated carbocycles. The topological polar surface area (TPSA) is 77.2 Å². The van der Waals surface area contributed by atoms with Gasteiger partial charge in [-0.25, -0.2) is 0 Å². The van der Waals surface area contributed by atoms with E-state index in [2.05, 4.69) is 43.4 Å². The predicted octanol–water partition coefficient (Wildman–Crippen LogP) is 4.32. The molecule has 0 N–H and O–H groups in total. The summed E-state index contributed by atoms with van der Waals surface area (Å²) in [6.45, 7) is 7.85. The molecule has 0 bridgehead atoms. The number of halogens is 3. The van der Waals surface area contributed by atoms with Gasteiger partial charge in [0.2, 0.25) is 5.82 Å². The second-order valence-corrected chi connectivity index (χ2v) is 6.46. The van der Waals surface area contributed by atoms with Crippen molar-refractivity contribution in [2.75, 3.05) is 26.2 Å². The molecule has 7 nitrogen and oxygen atoms in total. The monoisotopic (exact) mass is 421 g/mol. The van der Waals surface area contributed by atoms with Crippen molar-refractivity contribution in [3.63, 3.8) is 0 Å². The second-order valence-electron chi connectivity index (χ2n) is 6.46. The van der Waals surface area contributed by atoms with Gasteiger partial charge in [-0.05, 0) is 43.8 Å². The summed E-state index contributed by atoms with van der Waals surface area (Å²) in [6, 6.07) is 6.58. The van der Waals surface area contributed by atoms with Crippen molar-refractivity contribution in [2.45, 2.75) is 26.4 Å². The lowest BCUT2D eigenvalue weighted by Crippen LogP contribution is -2.25. The first-order valence-corrected chi connectivity index (χ1v) is 9.59. The minimum absolute atomic E-state index is 0.167. The quantitative estimate of drug-likeness (QED) is 0.476. The summed E-state index contributed by atoms with van der Waals surface area (Å²) in [5, 5.41) is 3.39. The van der Waals surface area contributed by atoms with Gasteiger partial charge in [0.05, 0.1) is 24.2 Å². The first-order chi connectivity index (χ1) is 14.4. The van der Waals surface area contributed by atoms with E-state index >= 15 is 0 Å². The molecule has 30 heavy (non-hydrogen) atoms. The smallest absolute Gasteiger partial charge is 0.471 e. The third kappa shape index (κ3) is 5.53. The molecule has 0 fully saturated rings. The van der Waals surface area contributed by atoms with Crippen LogP contribution < -0.4 is 4.74 Å². The summed E-state index contributed by atoms with van der Waals surface area (Å²) >= 11 is 0. The van der Waals surface area contributed by atoms with E-state index in [0.717, 1.165) is 26.1 Å². The fourth-order valence-corrected chi connectivity index (χ4v) is 2.80. The van der Waals surface area contributed by atoms with Crippen molar-refractivity contribution in [3.05, 3.63) is 42.5 Å². The molecule has 160 valence electrons. The van der Waals surface area contributed by atoms with Crippen molar-refractivity contribution in [2.24, 2.45) is 0 Å². The first-order valence-electron chi connectivity index (χ1n) is 9.59. The average molecular weight is 421 g/mol. The molecule has 0 aliphatic rings. The normalized spacial score (nSPS) is 11.8. The Morgan fingerprint density at radius 1 is 1.07 bits per heavy atom. The van der Waals surface area contributed by atoms with Gasteiger partial charge < -0.3 is 14.2 Å². The molecule has 10 heteroatoms. The molecule has 0 aromatic carbocycles. The molecular weight excluding hydrogens is 399 g/mol. The van der Waals surface area contributed by atoms with Gasteiger partial charge in [-0.15, -0.1) is 0 Å². The number of pyridine rings is 2. The van der Waals surface area contributed by atoms with Gasteiger partial charge in [-0.1, -0.05) is 19.0 Å². The van der Waals surface area contributed by atoms with Crippen LogP contribution in [0.3, 0.4) is 0 Å². The van der Waals surface area contributed by atoms with Crippen LogP contribution in [-0.2, 0) is 6.18 Å². The number of alkyl halides is 3. The van der Waals surface area contributed by atoms with Gasteiger partial charge in [0, 0.05) is 18.3 Å². The maximum Gasteiger partial charge on any atom is 0.471 e. The summed E-state index contributed by atoms with van der Waals surface area (Å²) in [4.78, 5) is 14.3. The van der Waals surface area contributed by atoms with Gasteiger partial charge in [-0.3, -0.25) is 9.97 Å². The molecule has 3 heterocycles. The van der Waals surface area contributed by atoms with Gasteiger partial charge in [0.1, 0.15) is 5.75 Å². The molecule has 0 amide bonds. The zero-order valence-electron chi connectivity index (χ0n) is 16.7. The van der Waals surface area contributed by atoms with Gasteiger partial charge in [0.15, 0.2) is 0 Å². The summed E-state index contributed by atoms with van der Waals surface area (Å²) in [5.41, 5.74) is 1.36. The molecule has 0 radical (unpaired) electrons. The molecule has 0 aliphatic heterocycles. The lowest BCUT2D eigenvalue weighted by molar-refractivity contribution is -0.159. The number of rotatable bonds is 9. The standard InChI is InChI=1S/C20H22F3N5O2/c1-3-28(4-2)10-5-11-29-15-6-7-16(25-13-15)17-12-14(8-9-24-17)18-26-19(30-27-18)20(21,22)23/h6-9,12-13H,3-5,10-11H2,1-2H3. The van der Waals surface area contributed by atoms with Crippen molar-refractivity contribution in [1.82, 2.24) is 25.0 Å². The van der Waals surface area contributed by atoms with E-state index in [1.807, 2.05) is 0 Å². The number of nitrogens with zero attached hydrogens (tertiary/aromatic N) is 5. The van der Waals surface area contributed by atoms with Crippen LogP contribution in [0, 0.1) is 0 Å². The van der Waals surface area contributed by atoms with Crippen LogP contribution in [0.15, 0.2) is 41.2 Å². The van der Waals surface area contributed by atoms with E-state index in [9.17, 15) is 13.2 Å². The van der Waals surface area contributed by atoms with Crippen molar-refractivity contribution < 1.29 is 22.4 Å². The molecule has 0 aliphatic carbocycles. The largest absolute Gasteiger partial charge is 0.492 e. The maximum atomic E-state index is 12.7. The van der Waals surface area contributed by atoms with E-state index in [-0.39, 0.29) is 5.82 Å². The Kier molecular flexibility index (Phi) is 6.99. The Morgan fingerprint density at radius 3 is 2.50 bits per heavy atom. The van der Waals surface area contributed by atoms with Crippen LogP contribution >= 0.6 is 0 Å². The Labute approximate surface area is 171 Å². The molecule has 3 rings (SSSR count). The third-order valence-electron chi connectivity index (χ3n) is 4.47. The predicted molar refractivity (Wildman–Crippen MR) is 104 cm³/mol. The maximum absolute atomic E-state index is 12.7. The SMILES string of the molecule is CCN(CC)CCCOc1ccc(-c2cc(-c3noc(C(F)(F)F)n3)ccn2)nc1. The zero-order chi connectivity index (χ0) is 21.6. The van der Waals surface area contributed by atoms with Crippen LogP contribution in [0.5, 0.6) is 5.75 Å². The van der Waals surface area contributed by atoms with Gasteiger partial charge in [0.25, 0.3) is 0 Å². The zero-order valence-corrected chi connectivity index (χ0v) is 16.7. The number of hydrogen-bond donors (Lipinski definition) is 0. The van der Waals surface area contributed by atoms with E-state index in [0.29, 0.717) is 29.3 Å². The highest BCUT2D eigenvalue weighted by molar-refractivity contribution is 5.64. The highest BCUT2D eigenvalue weighted by Gasteiger charge is 2.38. The summed E-state index contributed by atoms with van der Waals surface area (Å²) < 4.78 is 48.0. The Bertz CT molecular complexity index is 940. The van der Waals surface area contributed by atoms with E-state index < -0.39 is 12.1 Å². The first kappa shape index (κ1) is 21.7. The van der Waals surface area contributed by atoms with Crippen molar-refractivity contribution in [1.29, 1.82) is 0 Å². The molecule has 3 aromatic heterocycles. The number of ether oxygens (including phenoxy) is 1. The van der Waals surface area contributed by atoms with Gasteiger partial charge in [-0.2, -0.15) is 18.2 Å². The molecular formula is C20H22F3N5O2. The second kappa shape index (κ2) is 9.66. The summed E-state index contributed by atoms with van der Waals surface area (Å²) in [6.07, 6.45) is -0.730. The highest BCUT2D eigenvalue weighted by atomic mass is 19.4. The third-order valence-corrected chi connectivity index (χ3v) is 4.47. The van der Waals surface area contributed by atoms with Crippen molar-refractivity contribution >= 4 is 0 Å². The number of hydrogen-bond acceptors (Lipinski definition) is 7. The van der Waals surface area contributed by atoms with Crippen LogP contribution in [0.2, 0.25) is 0 Å². The van der Waals surface area contributed by atoms with Crippen LogP contribution in [-0.4, -0.2) is 51.2 Å². The minimum Gasteiger partial charge on any atom is -0.492 e. The summed E-state index contributed by atoms with van der Waals surface area (Å²) in [5.74, 6) is -0.918.